The van der Waals surface area contributed by atoms with Crippen molar-refractivity contribution < 1.29 is 4.79 Å². The van der Waals surface area contributed by atoms with Crippen LogP contribution >= 0.6 is 0 Å². The van der Waals surface area contributed by atoms with Gasteiger partial charge in [-0.2, -0.15) is 0 Å². The number of nitrogens with zero attached hydrogens (tertiary/aromatic N) is 4. The van der Waals surface area contributed by atoms with E-state index in [9.17, 15) is 4.79 Å². The molecule has 0 bridgehead atoms. The fourth-order valence-electron chi connectivity index (χ4n) is 3.69. The molecule has 0 unspecified atom stereocenters. The molecular formula is C22H18N6O. The Morgan fingerprint density at radius 3 is 2.79 bits per heavy atom. The molecule has 0 radical (unpaired) electrons. The van der Waals surface area contributed by atoms with E-state index in [0.717, 1.165) is 33.5 Å². The zero-order chi connectivity index (χ0) is 19.8. The molecule has 142 valence electrons. The predicted molar refractivity (Wildman–Crippen MR) is 112 cm³/mol. The summed E-state index contributed by atoms with van der Waals surface area (Å²) in [6.45, 7) is 1.25. The fourth-order valence-corrected chi connectivity index (χ4v) is 3.69. The molecule has 0 aromatic carbocycles. The van der Waals surface area contributed by atoms with Crippen LogP contribution in [0.3, 0.4) is 0 Å². The molecule has 7 heteroatoms. The van der Waals surface area contributed by atoms with E-state index in [-0.39, 0.29) is 0 Å². The number of aromatic nitrogens is 4. The third-order valence-electron chi connectivity index (χ3n) is 5.09. The van der Waals surface area contributed by atoms with Crippen molar-refractivity contribution in [3.05, 3.63) is 78.5 Å². The molecule has 7 nitrogen and oxygen atoms in total. The maximum Gasteiger partial charge on any atom is 0.250 e. The summed E-state index contributed by atoms with van der Waals surface area (Å²) in [6, 6.07) is 11.9. The van der Waals surface area contributed by atoms with Gasteiger partial charge in [-0.05, 0) is 35.9 Å². The molecule has 0 spiro atoms. The van der Waals surface area contributed by atoms with E-state index in [1.807, 2.05) is 48.8 Å². The van der Waals surface area contributed by atoms with E-state index >= 15 is 0 Å². The van der Waals surface area contributed by atoms with Crippen molar-refractivity contribution in [2.75, 3.05) is 11.4 Å². The average molecular weight is 382 g/mol. The summed E-state index contributed by atoms with van der Waals surface area (Å²) in [5.41, 5.74) is 11.3. The van der Waals surface area contributed by atoms with Gasteiger partial charge in [0.15, 0.2) is 0 Å². The molecule has 1 aliphatic heterocycles. The number of aromatic amines is 1. The number of nitrogens with one attached hydrogen (secondary N) is 1. The minimum Gasteiger partial charge on any atom is -0.366 e. The number of H-pyrrole nitrogens is 1. The van der Waals surface area contributed by atoms with Crippen LogP contribution < -0.4 is 10.6 Å². The zero-order valence-electron chi connectivity index (χ0n) is 15.5. The first kappa shape index (κ1) is 17.1. The summed E-state index contributed by atoms with van der Waals surface area (Å²) < 4.78 is 0. The third-order valence-corrected chi connectivity index (χ3v) is 5.09. The van der Waals surface area contributed by atoms with E-state index < -0.39 is 5.91 Å². The summed E-state index contributed by atoms with van der Waals surface area (Å²) in [6.07, 6.45) is 9.09. The average Bonchev–Trinajstić information content (AvgIpc) is 3.18. The molecule has 0 saturated heterocycles. The Bertz CT molecular complexity index is 1240. The molecule has 0 atom stereocenters. The highest BCUT2D eigenvalue weighted by Crippen LogP contribution is 2.31. The van der Waals surface area contributed by atoms with Gasteiger partial charge < -0.3 is 15.6 Å². The standard InChI is InChI=1S/C22H18N6O/c23-21(29)16-7-10-28(19-4-2-8-24-20(16)19)13-14-5-6-18(26-11-14)17-12-27-22-15(17)3-1-9-25-22/h1-9,11-12H,10,13H2,(H2,23,29)(H,25,27). The Morgan fingerprint density at radius 1 is 1.10 bits per heavy atom. The first-order chi connectivity index (χ1) is 14.2. The highest BCUT2D eigenvalue weighted by atomic mass is 16.1. The molecule has 5 heterocycles. The molecule has 29 heavy (non-hydrogen) atoms. The van der Waals surface area contributed by atoms with Crippen molar-refractivity contribution in [2.24, 2.45) is 5.73 Å². The zero-order valence-corrected chi connectivity index (χ0v) is 15.5. The van der Waals surface area contributed by atoms with Gasteiger partial charge in [-0.3, -0.25) is 14.8 Å². The minimum atomic E-state index is -0.455. The maximum absolute atomic E-state index is 11.7. The fraction of sp³-hybridized carbons (Fsp3) is 0.0909. The number of hydrogen-bond acceptors (Lipinski definition) is 5. The van der Waals surface area contributed by atoms with Gasteiger partial charge in [-0.25, -0.2) is 4.98 Å². The van der Waals surface area contributed by atoms with E-state index in [2.05, 4.69) is 30.9 Å². The number of primary amides is 1. The Balaban J connectivity index is 1.41. The van der Waals surface area contributed by atoms with Crippen molar-refractivity contribution in [3.63, 3.8) is 0 Å². The van der Waals surface area contributed by atoms with Crippen LogP contribution in [0, 0.1) is 0 Å². The summed E-state index contributed by atoms with van der Waals surface area (Å²) in [7, 11) is 0. The SMILES string of the molecule is NC(=O)C1=CCN(Cc2ccc(-c3c[nH]c4ncccc34)nc2)c2cccnc21. The molecule has 4 aromatic rings. The van der Waals surface area contributed by atoms with Crippen LogP contribution in [0.4, 0.5) is 5.69 Å². The first-order valence-corrected chi connectivity index (χ1v) is 9.28. The molecule has 0 fully saturated rings. The van der Waals surface area contributed by atoms with Crippen LogP contribution in [-0.4, -0.2) is 32.4 Å². The number of carbonyl (C=O) groups is 1. The van der Waals surface area contributed by atoms with Gasteiger partial charge in [0.2, 0.25) is 0 Å². The van der Waals surface area contributed by atoms with Crippen LogP contribution in [0.15, 0.2) is 67.3 Å². The van der Waals surface area contributed by atoms with E-state index in [0.29, 0.717) is 24.4 Å². The van der Waals surface area contributed by atoms with Crippen molar-refractivity contribution >= 4 is 28.2 Å². The quantitative estimate of drug-likeness (QED) is 0.565. The Labute approximate surface area is 166 Å². The minimum absolute atomic E-state index is 0.455. The number of carbonyl (C=O) groups excluding carboxylic acids is 1. The predicted octanol–water partition coefficient (Wildman–Crippen LogP) is 2.91. The molecule has 5 rings (SSSR count). The number of hydrogen-bond donors (Lipinski definition) is 2. The lowest BCUT2D eigenvalue weighted by molar-refractivity contribution is -0.112. The number of rotatable bonds is 4. The van der Waals surface area contributed by atoms with Gasteiger partial charge in [0.1, 0.15) is 5.65 Å². The summed E-state index contributed by atoms with van der Waals surface area (Å²) in [5.74, 6) is -0.455. The number of amides is 1. The first-order valence-electron chi connectivity index (χ1n) is 9.28. The van der Waals surface area contributed by atoms with Crippen LogP contribution in [0.25, 0.3) is 27.9 Å². The number of nitrogens with two attached hydrogens (primary N) is 1. The van der Waals surface area contributed by atoms with Gasteiger partial charge in [-0.1, -0.05) is 12.1 Å². The molecule has 1 aliphatic rings. The van der Waals surface area contributed by atoms with Crippen molar-refractivity contribution in [1.82, 2.24) is 19.9 Å². The van der Waals surface area contributed by atoms with Gasteiger partial charge in [0.05, 0.1) is 22.6 Å². The highest BCUT2D eigenvalue weighted by molar-refractivity contribution is 6.20. The smallest absolute Gasteiger partial charge is 0.250 e. The highest BCUT2D eigenvalue weighted by Gasteiger charge is 2.22. The van der Waals surface area contributed by atoms with Crippen LogP contribution in [0.2, 0.25) is 0 Å². The monoisotopic (exact) mass is 382 g/mol. The topological polar surface area (TPSA) is 101 Å². The van der Waals surface area contributed by atoms with Gasteiger partial charge in [0.25, 0.3) is 5.91 Å². The summed E-state index contributed by atoms with van der Waals surface area (Å²) in [5, 5.41) is 1.05. The summed E-state index contributed by atoms with van der Waals surface area (Å²) in [4.78, 5) is 30.4. The lowest BCUT2D eigenvalue weighted by Crippen LogP contribution is -2.29. The second kappa shape index (κ2) is 6.87. The Kier molecular flexibility index (Phi) is 4.05. The second-order valence-corrected chi connectivity index (χ2v) is 6.89. The van der Waals surface area contributed by atoms with Crippen LogP contribution in [0.1, 0.15) is 11.3 Å². The van der Waals surface area contributed by atoms with Gasteiger partial charge in [0, 0.05) is 48.8 Å². The molecule has 3 N–H and O–H groups in total. The lowest BCUT2D eigenvalue weighted by Gasteiger charge is -2.29. The molecule has 4 aromatic heterocycles. The van der Waals surface area contributed by atoms with Crippen molar-refractivity contribution in [2.45, 2.75) is 6.54 Å². The van der Waals surface area contributed by atoms with E-state index in [1.165, 1.54) is 0 Å². The summed E-state index contributed by atoms with van der Waals surface area (Å²) >= 11 is 0. The maximum atomic E-state index is 11.7. The van der Waals surface area contributed by atoms with Gasteiger partial charge in [-0.15, -0.1) is 0 Å². The van der Waals surface area contributed by atoms with Crippen LogP contribution in [0.5, 0.6) is 0 Å². The van der Waals surface area contributed by atoms with E-state index in [1.54, 1.807) is 12.4 Å². The number of anilines is 1. The molecule has 1 amide bonds. The largest absolute Gasteiger partial charge is 0.366 e. The molecule has 0 saturated carbocycles. The van der Waals surface area contributed by atoms with Crippen LogP contribution in [-0.2, 0) is 11.3 Å². The second-order valence-electron chi connectivity index (χ2n) is 6.89. The number of pyridine rings is 3. The molecule has 0 aliphatic carbocycles. The Morgan fingerprint density at radius 2 is 1.97 bits per heavy atom. The Hall–Kier alpha value is -4.00. The lowest BCUT2D eigenvalue weighted by atomic mass is 10.0. The van der Waals surface area contributed by atoms with E-state index in [4.69, 9.17) is 5.73 Å². The normalized spacial score (nSPS) is 13.2. The third kappa shape index (κ3) is 3.02. The number of fused-ring (bicyclic) bond motifs is 2. The van der Waals surface area contributed by atoms with Gasteiger partial charge >= 0.3 is 0 Å². The van der Waals surface area contributed by atoms with Crippen molar-refractivity contribution in [1.29, 1.82) is 0 Å². The van der Waals surface area contributed by atoms with Crippen molar-refractivity contribution in [3.8, 4) is 11.3 Å². The molecular weight excluding hydrogens is 364 g/mol.